The van der Waals surface area contributed by atoms with Gasteiger partial charge in [-0.3, -0.25) is 4.79 Å². The first-order chi connectivity index (χ1) is 14.9. The summed E-state index contributed by atoms with van der Waals surface area (Å²) in [6, 6.07) is 14.9. The van der Waals surface area contributed by atoms with Gasteiger partial charge in [-0.1, -0.05) is 35.3 Å². The first-order valence-corrected chi connectivity index (χ1v) is 11.9. The largest absolute Gasteiger partial charge is 0.347 e. The van der Waals surface area contributed by atoms with E-state index in [1.165, 1.54) is 16.4 Å². The Morgan fingerprint density at radius 1 is 1.03 bits per heavy atom. The third-order valence-corrected chi connectivity index (χ3v) is 7.37. The number of nitrogens with zero attached hydrogens (tertiary/aromatic N) is 2. The lowest BCUT2D eigenvalue weighted by Gasteiger charge is -2.25. The Morgan fingerprint density at radius 3 is 2.39 bits per heavy atom. The summed E-state index contributed by atoms with van der Waals surface area (Å²) in [5, 5.41) is 7.53. The highest BCUT2D eigenvalue weighted by molar-refractivity contribution is 7.89. The van der Waals surface area contributed by atoms with E-state index in [0.717, 1.165) is 24.8 Å². The standard InChI is InChI=1S/C22H22ClN3O4S/c23-18-8-4-16(5-9-18)20-14-22(30-25-20)24-15-21(27)17-6-10-19(11-7-17)31(28,29)26-12-2-1-3-13-26/h4-11,14,24H,1-3,12-13,15H2. The zero-order valence-electron chi connectivity index (χ0n) is 16.8. The summed E-state index contributed by atoms with van der Waals surface area (Å²) in [4.78, 5) is 12.7. The number of hydrogen-bond donors (Lipinski definition) is 1. The second kappa shape index (κ2) is 9.21. The molecule has 3 aromatic rings. The Morgan fingerprint density at radius 2 is 1.71 bits per heavy atom. The lowest BCUT2D eigenvalue weighted by Crippen LogP contribution is -2.35. The Balaban J connectivity index is 1.37. The van der Waals surface area contributed by atoms with Gasteiger partial charge in [0, 0.05) is 35.3 Å². The molecule has 0 saturated carbocycles. The number of Topliss-reactive ketones (excluding diaryl/α,β-unsaturated/α-hetero) is 1. The monoisotopic (exact) mass is 459 g/mol. The van der Waals surface area contributed by atoms with Crippen LogP contribution < -0.4 is 5.32 Å². The molecule has 1 aliphatic rings. The number of halogens is 1. The van der Waals surface area contributed by atoms with Gasteiger partial charge in [0.15, 0.2) is 5.78 Å². The Hall–Kier alpha value is -2.68. The average molecular weight is 460 g/mol. The van der Waals surface area contributed by atoms with E-state index in [2.05, 4.69) is 10.5 Å². The molecule has 0 radical (unpaired) electrons. The van der Waals surface area contributed by atoms with E-state index in [9.17, 15) is 13.2 Å². The van der Waals surface area contributed by atoms with Crippen molar-refractivity contribution in [2.45, 2.75) is 24.2 Å². The molecule has 0 atom stereocenters. The third kappa shape index (κ3) is 4.98. The molecule has 31 heavy (non-hydrogen) atoms. The van der Waals surface area contributed by atoms with Crippen LogP contribution in [-0.4, -0.2) is 43.3 Å². The predicted octanol–water partition coefficient (Wildman–Crippen LogP) is 4.46. The van der Waals surface area contributed by atoms with Crippen LogP contribution >= 0.6 is 11.6 Å². The second-order valence-electron chi connectivity index (χ2n) is 7.35. The van der Waals surface area contributed by atoms with Crippen molar-refractivity contribution in [1.82, 2.24) is 9.46 Å². The van der Waals surface area contributed by atoms with Gasteiger partial charge in [0.2, 0.25) is 15.9 Å². The molecule has 1 N–H and O–H groups in total. The number of piperidine rings is 1. The number of aromatic nitrogens is 1. The number of benzene rings is 2. The summed E-state index contributed by atoms with van der Waals surface area (Å²) in [5.74, 6) is 0.175. The van der Waals surface area contributed by atoms with Gasteiger partial charge in [-0.2, -0.15) is 4.31 Å². The molecule has 162 valence electrons. The highest BCUT2D eigenvalue weighted by Crippen LogP contribution is 2.24. The number of sulfonamides is 1. The van der Waals surface area contributed by atoms with Crippen LogP contribution in [0, 0.1) is 0 Å². The molecule has 1 aliphatic heterocycles. The molecule has 0 bridgehead atoms. The summed E-state index contributed by atoms with van der Waals surface area (Å²) in [6.07, 6.45) is 2.81. The maximum atomic E-state index is 12.7. The normalized spacial score (nSPS) is 15.0. The van der Waals surface area contributed by atoms with Gasteiger partial charge in [-0.05, 0) is 49.2 Å². The topological polar surface area (TPSA) is 92.5 Å². The van der Waals surface area contributed by atoms with Crippen LogP contribution in [0.1, 0.15) is 29.6 Å². The molecule has 0 aliphatic carbocycles. The van der Waals surface area contributed by atoms with Crippen molar-refractivity contribution < 1.29 is 17.7 Å². The third-order valence-electron chi connectivity index (χ3n) is 5.20. The summed E-state index contributed by atoms with van der Waals surface area (Å²) in [6.45, 7) is 1.08. The van der Waals surface area contributed by atoms with E-state index in [4.69, 9.17) is 16.1 Å². The molecule has 2 heterocycles. The first kappa shape index (κ1) is 21.5. The summed E-state index contributed by atoms with van der Waals surface area (Å²) in [5.41, 5.74) is 1.89. The van der Waals surface area contributed by atoms with Crippen LogP contribution in [0.4, 0.5) is 5.88 Å². The molecule has 0 amide bonds. The van der Waals surface area contributed by atoms with Crippen LogP contribution in [0.5, 0.6) is 0 Å². The van der Waals surface area contributed by atoms with Crippen LogP contribution in [0.2, 0.25) is 5.02 Å². The average Bonchev–Trinajstić information content (AvgIpc) is 3.28. The van der Waals surface area contributed by atoms with Crippen molar-refractivity contribution in [2.24, 2.45) is 0 Å². The molecule has 7 nitrogen and oxygen atoms in total. The smallest absolute Gasteiger partial charge is 0.243 e. The highest BCUT2D eigenvalue weighted by atomic mass is 35.5. The number of anilines is 1. The maximum absolute atomic E-state index is 12.7. The van der Waals surface area contributed by atoms with Crippen molar-refractivity contribution >= 4 is 33.3 Å². The molecule has 2 aromatic carbocycles. The van der Waals surface area contributed by atoms with Crippen LogP contribution in [-0.2, 0) is 10.0 Å². The fourth-order valence-electron chi connectivity index (χ4n) is 3.45. The van der Waals surface area contributed by atoms with E-state index in [1.807, 2.05) is 12.1 Å². The van der Waals surface area contributed by atoms with E-state index >= 15 is 0 Å². The van der Waals surface area contributed by atoms with Gasteiger partial charge >= 0.3 is 0 Å². The fraction of sp³-hybridized carbons (Fsp3) is 0.273. The number of hydrogen-bond acceptors (Lipinski definition) is 6. The molecule has 0 spiro atoms. The van der Waals surface area contributed by atoms with Gasteiger partial charge < -0.3 is 9.84 Å². The molecular formula is C22H22ClN3O4S. The highest BCUT2D eigenvalue weighted by Gasteiger charge is 2.25. The van der Waals surface area contributed by atoms with Crippen molar-refractivity contribution in [2.75, 3.05) is 25.0 Å². The van der Waals surface area contributed by atoms with E-state index in [0.29, 0.717) is 35.3 Å². The van der Waals surface area contributed by atoms with Crippen LogP contribution in [0.15, 0.2) is 64.0 Å². The second-order valence-corrected chi connectivity index (χ2v) is 9.72. The Labute approximate surface area is 186 Å². The minimum absolute atomic E-state index is 0.00648. The van der Waals surface area contributed by atoms with Crippen molar-refractivity contribution in [3.63, 3.8) is 0 Å². The summed E-state index contributed by atoms with van der Waals surface area (Å²) >= 11 is 5.89. The van der Waals surface area contributed by atoms with Crippen molar-refractivity contribution in [3.8, 4) is 11.3 Å². The Bertz CT molecular complexity index is 1150. The van der Waals surface area contributed by atoms with Gasteiger partial charge in [0.05, 0.1) is 11.4 Å². The van der Waals surface area contributed by atoms with Gasteiger partial charge in [0.1, 0.15) is 5.69 Å². The lowest BCUT2D eigenvalue weighted by molar-refractivity contribution is 0.100. The SMILES string of the molecule is O=C(CNc1cc(-c2ccc(Cl)cc2)no1)c1ccc(S(=O)(=O)N2CCCCC2)cc1. The summed E-state index contributed by atoms with van der Waals surface area (Å²) < 4.78 is 32.2. The maximum Gasteiger partial charge on any atom is 0.243 e. The number of nitrogens with one attached hydrogen (secondary N) is 1. The van der Waals surface area contributed by atoms with Gasteiger partial charge in [-0.15, -0.1) is 0 Å². The van der Waals surface area contributed by atoms with Crippen LogP contribution in [0.3, 0.4) is 0 Å². The lowest BCUT2D eigenvalue weighted by atomic mass is 10.1. The first-order valence-electron chi connectivity index (χ1n) is 10.0. The fourth-order valence-corrected chi connectivity index (χ4v) is 5.09. The molecule has 9 heteroatoms. The Kier molecular flexibility index (Phi) is 6.41. The van der Waals surface area contributed by atoms with E-state index in [1.54, 1.807) is 30.3 Å². The number of rotatable bonds is 7. The van der Waals surface area contributed by atoms with Crippen LogP contribution in [0.25, 0.3) is 11.3 Å². The molecule has 4 rings (SSSR count). The molecular weight excluding hydrogens is 438 g/mol. The quantitative estimate of drug-likeness (QED) is 0.524. The number of carbonyl (C=O) groups excluding carboxylic acids is 1. The number of ketones is 1. The van der Waals surface area contributed by atoms with Gasteiger partial charge in [0.25, 0.3) is 0 Å². The zero-order chi connectivity index (χ0) is 21.8. The van der Waals surface area contributed by atoms with Crippen molar-refractivity contribution in [3.05, 3.63) is 65.2 Å². The van der Waals surface area contributed by atoms with Gasteiger partial charge in [-0.25, -0.2) is 8.42 Å². The summed E-state index contributed by atoms with van der Waals surface area (Å²) in [7, 11) is -3.51. The predicted molar refractivity (Wildman–Crippen MR) is 119 cm³/mol. The molecule has 1 aromatic heterocycles. The zero-order valence-corrected chi connectivity index (χ0v) is 18.3. The van der Waals surface area contributed by atoms with Crippen molar-refractivity contribution in [1.29, 1.82) is 0 Å². The minimum Gasteiger partial charge on any atom is -0.347 e. The van der Waals surface area contributed by atoms with E-state index in [-0.39, 0.29) is 17.2 Å². The molecule has 1 saturated heterocycles. The van der Waals surface area contributed by atoms with E-state index < -0.39 is 10.0 Å². The molecule has 1 fully saturated rings. The minimum atomic E-state index is -3.51. The molecule has 0 unspecified atom stereocenters. The number of carbonyl (C=O) groups is 1.